The molecule has 0 aromatic heterocycles. The maximum absolute atomic E-state index is 12.2. The third kappa shape index (κ3) is 4.44. The molecule has 5 heteroatoms. The molecule has 0 unspecified atom stereocenters. The van der Waals surface area contributed by atoms with Gasteiger partial charge in [-0.3, -0.25) is 4.79 Å². The van der Waals surface area contributed by atoms with Crippen molar-refractivity contribution in [2.24, 2.45) is 0 Å². The Morgan fingerprint density at radius 1 is 1.37 bits per heavy atom. The van der Waals surface area contributed by atoms with Gasteiger partial charge in [-0.15, -0.1) is 0 Å². The molecule has 0 aliphatic rings. The van der Waals surface area contributed by atoms with Crippen molar-refractivity contribution in [3.63, 3.8) is 0 Å². The van der Waals surface area contributed by atoms with E-state index in [0.717, 1.165) is 19.3 Å². The average molecular weight is 266 g/mol. The summed E-state index contributed by atoms with van der Waals surface area (Å²) in [5.41, 5.74) is 6.80. The molecule has 0 bridgehead atoms. The lowest BCUT2D eigenvalue weighted by Gasteiger charge is -2.17. The van der Waals surface area contributed by atoms with Gasteiger partial charge in [0.25, 0.3) is 5.91 Å². The standard InChI is InChI=1S/C14H22N2O3/c1-16(8-4-3-5-9-17)14(18)11-6-7-12(15)13(10-11)19-2/h6-7,10,17H,3-5,8-9,15H2,1-2H3. The van der Waals surface area contributed by atoms with E-state index in [0.29, 0.717) is 23.5 Å². The quantitative estimate of drug-likeness (QED) is 0.579. The Labute approximate surface area is 114 Å². The second-order valence-corrected chi connectivity index (χ2v) is 4.47. The summed E-state index contributed by atoms with van der Waals surface area (Å²) >= 11 is 0. The average Bonchev–Trinajstić information content (AvgIpc) is 2.43. The number of nitrogen functional groups attached to an aromatic ring is 1. The van der Waals surface area contributed by atoms with Gasteiger partial charge in [0.15, 0.2) is 0 Å². The van der Waals surface area contributed by atoms with Crippen LogP contribution in [0.25, 0.3) is 0 Å². The van der Waals surface area contributed by atoms with Crippen molar-refractivity contribution in [2.75, 3.05) is 33.0 Å². The van der Waals surface area contributed by atoms with Crippen molar-refractivity contribution in [3.8, 4) is 5.75 Å². The highest BCUT2D eigenvalue weighted by Crippen LogP contribution is 2.22. The number of nitrogens with zero attached hydrogens (tertiary/aromatic N) is 1. The summed E-state index contributed by atoms with van der Waals surface area (Å²) in [7, 11) is 3.29. The Morgan fingerprint density at radius 2 is 2.11 bits per heavy atom. The normalized spacial score (nSPS) is 10.3. The number of carbonyl (C=O) groups excluding carboxylic acids is 1. The molecule has 0 saturated heterocycles. The van der Waals surface area contributed by atoms with Gasteiger partial charge in [0.05, 0.1) is 12.8 Å². The first kappa shape index (κ1) is 15.3. The van der Waals surface area contributed by atoms with Crippen LogP contribution >= 0.6 is 0 Å². The van der Waals surface area contributed by atoms with Crippen molar-refractivity contribution >= 4 is 11.6 Å². The van der Waals surface area contributed by atoms with Crippen molar-refractivity contribution in [1.82, 2.24) is 4.90 Å². The summed E-state index contributed by atoms with van der Waals surface area (Å²) in [5.74, 6) is 0.460. The number of hydrogen-bond donors (Lipinski definition) is 2. The predicted molar refractivity (Wildman–Crippen MR) is 75.3 cm³/mol. The van der Waals surface area contributed by atoms with E-state index < -0.39 is 0 Å². The number of aliphatic hydroxyl groups is 1. The molecule has 0 aliphatic heterocycles. The number of amides is 1. The maximum atomic E-state index is 12.2. The van der Waals surface area contributed by atoms with Gasteiger partial charge in [0.2, 0.25) is 0 Å². The third-order valence-electron chi connectivity index (χ3n) is 2.98. The van der Waals surface area contributed by atoms with E-state index in [2.05, 4.69) is 0 Å². The van der Waals surface area contributed by atoms with Crippen LogP contribution in [0.5, 0.6) is 5.75 Å². The van der Waals surface area contributed by atoms with Crippen LogP contribution < -0.4 is 10.5 Å². The van der Waals surface area contributed by atoms with Crippen LogP contribution in [0.1, 0.15) is 29.6 Å². The largest absolute Gasteiger partial charge is 0.495 e. The smallest absolute Gasteiger partial charge is 0.253 e. The molecular formula is C14H22N2O3. The van der Waals surface area contributed by atoms with Crippen LogP contribution in [0.15, 0.2) is 18.2 Å². The van der Waals surface area contributed by atoms with E-state index >= 15 is 0 Å². The van der Waals surface area contributed by atoms with Crippen LogP contribution in [0, 0.1) is 0 Å². The molecule has 1 amide bonds. The third-order valence-corrected chi connectivity index (χ3v) is 2.98. The van der Waals surface area contributed by atoms with Crippen LogP contribution in [0.3, 0.4) is 0 Å². The molecule has 0 saturated carbocycles. The zero-order valence-electron chi connectivity index (χ0n) is 11.6. The summed E-state index contributed by atoms with van der Waals surface area (Å²) in [6.07, 6.45) is 2.58. The fraction of sp³-hybridized carbons (Fsp3) is 0.500. The number of aliphatic hydroxyl groups excluding tert-OH is 1. The van der Waals surface area contributed by atoms with Crippen molar-refractivity contribution in [1.29, 1.82) is 0 Å². The predicted octanol–water partition coefficient (Wildman–Crippen LogP) is 1.51. The number of unbranched alkanes of at least 4 members (excludes halogenated alkanes) is 2. The van der Waals surface area contributed by atoms with Gasteiger partial charge in [-0.1, -0.05) is 0 Å². The molecule has 106 valence electrons. The monoisotopic (exact) mass is 266 g/mol. The number of anilines is 1. The van der Waals surface area contributed by atoms with Gasteiger partial charge in [-0.05, 0) is 37.5 Å². The number of rotatable bonds is 7. The van der Waals surface area contributed by atoms with Gasteiger partial charge >= 0.3 is 0 Å². The molecule has 0 atom stereocenters. The summed E-state index contributed by atoms with van der Waals surface area (Å²) in [4.78, 5) is 13.8. The molecule has 0 aliphatic carbocycles. The van der Waals surface area contributed by atoms with E-state index in [1.165, 1.54) is 7.11 Å². The lowest BCUT2D eigenvalue weighted by Crippen LogP contribution is -2.27. The van der Waals surface area contributed by atoms with Crippen LogP contribution in [0.4, 0.5) is 5.69 Å². The molecule has 1 aromatic rings. The lowest BCUT2D eigenvalue weighted by molar-refractivity contribution is 0.0792. The Kier molecular flexibility index (Phi) is 6.15. The Morgan fingerprint density at radius 3 is 2.74 bits per heavy atom. The summed E-state index contributed by atoms with van der Waals surface area (Å²) < 4.78 is 5.11. The topological polar surface area (TPSA) is 75.8 Å². The van der Waals surface area contributed by atoms with E-state index in [4.69, 9.17) is 15.6 Å². The second kappa shape index (κ2) is 7.63. The number of nitrogens with two attached hydrogens (primary N) is 1. The fourth-order valence-corrected chi connectivity index (χ4v) is 1.80. The minimum absolute atomic E-state index is 0.0534. The fourth-order valence-electron chi connectivity index (χ4n) is 1.80. The molecule has 0 spiro atoms. The highest BCUT2D eigenvalue weighted by Gasteiger charge is 2.13. The Hall–Kier alpha value is -1.75. The van der Waals surface area contributed by atoms with E-state index in [9.17, 15) is 4.79 Å². The highest BCUT2D eigenvalue weighted by atomic mass is 16.5. The number of hydrogen-bond acceptors (Lipinski definition) is 4. The minimum atomic E-state index is -0.0534. The van der Waals surface area contributed by atoms with Gasteiger partial charge in [0.1, 0.15) is 5.75 Å². The van der Waals surface area contributed by atoms with Gasteiger partial charge in [-0.2, -0.15) is 0 Å². The Bertz CT molecular complexity index is 421. The van der Waals surface area contributed by atoms with Crippen LogP contribution in [-0.2, 0) is 0 Å². The SMILES string of the molecule is COc1cc(C(=O)N(C)CCCCCO)ccc1N. The molecule has 0 fully saturated rings. The van der Waals surface area contributed by atoms with Gasteiger partial charge in [0, 0.05) is 25.8 Å². The van der Waals surface area contributed by atoms with E-state index in [-0.39, 0.29) is 12.5 Å². The highest BCUT2D eigenvalue weighted by molar-refractivity contribution is 5.95. The number of methoxy groups -OCH3 is 1. The molecule has 19 heavy (non-hydrogen) atoms. The summed E-state index contributed by atoms with van der Waals surface area (Å²) in [6.45, 7) is 0.873. The molecular weight excluding hydrogens is 244 g/mol. The first-order chi connectivity index (χ1) is 9.10. The molecule has 0 heterocycles. The van der Waals surface area contributed by atoms with E-state index in [1.54, 1.807) is 30.1 Å². The van der Waals surface area contributed by atoms with E-state index in [1.807, 2.05) is 0 Å². The molecule has 0 radical (unpaired) electrons. The number of benzene rings is 1. The number of ether oxygens (including phenoxy) is 1. The Balaban J connectivity index is 2.61. The molecule has 3 N–H and O–H groups in total. The lowest BCUT2D eigenvalue weighted by atomic mass is 10.1. The summed E-state index contributed by atoms with van der Waals surface area (Å²) in [6, 6.07) is 5.03. The summed E-state index contributed by atoms with van der Waals surface area (Å²) in [5, 5.41) is 8.70. The number of carbonyl (C=O) groups is 1. The maximum Gasteiger partial charge on any atom is 0.253 e. The van der Waals surface area contributed by atoms with Crippen molar-refractivity contribution in [2.45, 2.75) is 19.3 Å². The first-order valence-corrected chi connectivity index (χ1v) is 6.40. The van der Waals surface area contributed by atoms with Crippen molar-refractivity contribution < 1.29 is 14.6 Å². The van der Waals surface area contributed by atoms with Gasteiger partial charge in [-0.25, -0.2) is 0 Å². The first-order valence-electron chi connectivity index (χ1n) is 6.40. The van der Waals surface area contributed by atoms with Gasteiger partial charge < -0.3 is 20.5 Å². The molecule has 1 rings (SSSR count). The van der Waals surface area contributed by atoms with Crippen LogP contribution in [-0.4, -0.2) is 43.2 Å². The van der Waals surface area contributed by atoms with Crippen molar-refractivity contribution in [3.05, 3.63) is 23.8 Å². The molecule has 1 aromatic carbocycles. The minimum Gasteiger partial charge on any atom is -0.495 e. The zero-order valence-corrected chi connectivity index (χ0v) is 11.6. The zero-order chi connectivity index (χ0) is 14.3. The van der Waals surface area contributed by atoms with Crippen LogP contribution in [0.2, 0.25) is 0 Å². The molecule has 5 nitrogen and oxygen atoms in total. The second-order valence-electron chi connectivity index (χ2n) is 4.47.